The first kappa shape index (κ1) is 28.3. The molecule has 3 saturated carbocycles. The van der Waals surface area contributed by atoms with Crippen LogP contribution in [0.15, 0.2) is 36.4 Å². The van der Waals surface area contributed by atoms with Crippen LogP contribution in [0.4, 0.5) is 26.3 Å². The van der Waals surface area contributed by atoms with Crippen molar-refractivity contribution in [2.24, 2.45) is 0 Å². The van der Waals surface area contributed by atoms with Gasteiger partial charge >= 0.3 is 6.36 Å². The monoisotopic (exact) mass is 562 g/mol. The molecule has 3 aliphatic carbocycles. The third-order valence-electron chi connectivity index (χ3n) is 6.87. The summed E-state index contributed by atoms with van der Waals surface area (Å²) < 4.78 is 91.1. The third-order valence-corrected chi connectivity index (χ3v) is 6.87. The van der Waals surface area contributed by atoms with Crippen LogP contribution >= 0.6 is 0 Å². The molecule has 3 fully saturated rings. The Kier molecular flexibility index (Phi) is 7.87. The number of nitrogens with one attached hydrogen (secondary N) is 2. The molecule has 0 heterocycles. The van der Waals surface area contributed by atoms with Crippen LogP contribution in [0.25, 0.3) is 0 Å². The van der Waals surface area contributed by atoms with Crippen molar-refractivity contribution in [2.45, 2.75) is 55.6 Å². The zero-order chi connectivity index (χ0) is 28.4. The summed E-state index contributed by atoms with van der Waals surface area (Å²) in [6, 6.07) is 5.28. The van der Waals surface area contributed by atoms with Gasteiger partial charge in [0, 0.05) is 17.7 Å². The average molecular weight is 562 g/mol. The minimum Gasteiger partial charge on any atom is -0.484 e. The lowest BCUT2D eigenvalue weighted by atomic mass is 9.60. The number of hydrogen-bond acceptors (Lipinski definition) is 6. The predicted octanol–water partition coefficient (Wildman–Crippen LogP) is 3.51. The number of carbonyl (C=O) groups is 2. The molecule has 0 radical (unpaired) electrons. The number of aliphatic hydroxyl groups is 1. The summed E-state index contributed by atoms with van der Waals surface area (Å²) in [5.74, 6) is -5.97. The number of amides is 2. The van der Waals surface area contributed by atoms with Gasteiger partial charge in [-0.05, 0) is 56.4 Å². The van der Waals surface area contributed by atoms with Gasteiger partial charge in [-0.25, -0.2) is 13.2 Å². The van der Waals surface area contributed by atoms with Gasteiger partial charge in [-0.2, -0.15) is 0 Å². The smallest absolute Gasteiger partial charge is 0.484 e. The van der Waals surface area contributed by atoms with Crippen molar-refractivity contribution in [3.05, 3.63) is 53.8 Å². The van der Waals surface area contributed by atoms with Crippen molar-refractivity contribution in [1.82, 2.24) is 10.6 Å². The van der Waals surface area contributed by atoms with Gasteiger partial charge in [-0.1, -0.05) is 0 Å². The Bertz CT molecular complexity index is 1230. The fourth-order valence-corrected chi connectivity index (χ4v) is 4.95. The predicted molar refractivity (Wildman–Crippen MR) is 121 cm³/mol. The minimum absolute atomic E-state index is 0.0254. The maximum Gasteiger partial charge on any atom is 0.573 e. The van der Waals surface area contributed by atoms with E-state index in [0.717, 1.165) is 18.2 Å². The molecule has 2 bridgehead atoms. The third kappa shape index (κ3) is 6.85. The zero-order valence-electron chi connectivity index (χ0n) is 20.2. The fraction of sp³-hybridized carbons (Fsp3) is 0.440. The SMILES string of the molecule is O=C(COc1ccc(F)c(F)c1)NC12CCC(NC(=O)COc3ccc(F)c(OC(F)(F)F)c3)(CC1)[C@@H](O)C2. The lowest BCUT2D eigenvalue weighted by molar-refractivity contribution is -0.275. The standard InChI is InChI=1S/C25H24F6N2O6/c26-16-3-1-14(9-18(16)28)37-12-21(35)32-23-5-7-24(8-6-23,20(34)11-23)33-22(36)13-38-15-2-4-17(27)19(10-15)39-25(29,30)31/h1-4,9-10,20,34H,5-8,11-13H2,(H,32,35)(H,33,36)/t20-,23?,24?/m0/s1. The quantitative estimate of drug-likeness (QED) is 0.404. The first-order valence-electron chi connectivity index (χ1n) is 11.8. The highest BCUT2D eigenvalue weighted by Crippen LogP contribution is 2.47. The molecule has 0 aliphatic heterocycles. The van der Waals surface area contributed by atoms with Gasteiger partial charge in [0.1, 0.15) is 11.5 Å². The number of carbonyl (C=O) groups excluding carboxylic acids is 2. The number of fused-ring (bicyclic) bond motifs is 3. The van der Waals surface area contributed by atoms with E-state index in [4.69, 9.17) is 9.47 Å². The topological polar surface area (TPSA) is 106 Å². The molecular weight excluding hydrogens is 538 g/mol. The van der Waals surface area contributed by atoms with E-state index in [1.807, 2.05) is 0 Å². The van der Waals surface area contributed by atoms with Crippen LogP contribution in [0.5, 0.6) is 17.2 Å². The number of benzene rings is 2. The fourth-order valence-electron chi connectivity index (χ4n) is 4.95. The first-order valence-corrected chi connectivity index (χ1v) is 11.8. The van der Waals surface area contributed by atoms with Gasteiger partial charge in [0.2, 0.25) is 0 Å². The van der Waals surface area contributed by atoms with Crippen LogP contribution in [-0.4, -0.2) is 53.7 Å². The number of ether oxygens (including phenoxy) is 3. The van der Waals surface area contributed by atoms with E-state index in [-0.39, 0.29) is 17.9 Å². The summed E-state index contributed by atoms with van der Waals surface area (Å²) >= 11 is 0. The molecule has 3 N–H and O–H groups in total. The number of alkyl halides is 3. The van der Waals surface area contributed by atoms with Gasteiger partial charge in [-0.3, -0.25) is 9.59 Å². The molecule has 3 aliphatic rings. The summed E-state index contributed by atoms with van der Waals surface area (Å²) in [6.45, 7) is -1.07. The van der Waals surface area contributed by atoms with Crippen molar-refractivity contribution < 1.29 is 55.2 Å². The molecule has 14 heteroatoms. The summed E-state index contributed by atoms with van der Waals surface area (Å²) in [6.07, 6.45) is -4.57. The lowest BCUT2D eigenvalue weighted by Crippen LogP contribution is -2.70. The molecule has 5 rings (SSSR count). The van der Waals surface area contributed by atoms with Gasteiger partial charge in [0.05, 0.1) is 11.6 Å². The van der Waals surface area contributed by atoms with Crippen LogP contribution in [0, 0.1) is 17.5 Å². The molecule has 1 atom stereocenters. The summed E-state index contributed by atoms with van der Waals surface area (Å²) in [7, 11) is 0. The van der Waals surface area contributed by atoms with E-state index >= 15 is 0 Å². The average Bonchev–Trinajstić information content (AvgIpc) is 2.85. The van der Waals surface area contributed by atoms with Gasteiger partial charge in [0.15, 0.2) is 36.4 Å². The molecule has 2 aromatic carbocycles. The number of halogens is 6. The molecule has 0 saturated heterocycles. The molecule has 8 nitrogen and oxygen atoms in total. The Morgan fingerprint density at radius 2 is 1.41 bits per heavy atom. The second-order valence-electron chi connectivity index (χ2n) is 9.55. The van der Waals surface area contributed by atoms with E-state index in [1.54, 1.807) is 0 Å². The van der Waals surface area contributed by atoms with Crippen molar-refractivity contribution in [3.63, 3.8) is 0 Å². The van der Waals surface area contributed by atoms with E-state index in [0.29, 0.717) is 37.8 Å². The molecule has 212 valence electrons. The number of hydrogen-bond donors (Lipinski definition) is 3. The Labute approximate surface area is 218 Å². The maximum atomic E-state index is 13.6. The number of aliphatic hydroxyl groups excluding tert-OH is 1. The Morgan fingerprint density at radius 1 is 0.846 bits per heavy atom. The second-order valence-corrected chi connectivity index (χ2v) is 9.55. The summed E-state index contributed by atoms with van der Waals surface area (Å²) in [5, 5.41) is 16.4. The van der Waals surface area contributed by atoms with Crippen LogP contribution < -0.4 is 24.8 Å². The molecule has 39 heavy (non-hydrogen) atoms. The second kappa shape index (κ2) is 10.8. The maximum absolute atomic E-state index is 13.6. The Balaban J connectivity index is 1.28. The largest absolute Gasteiger partial charge is 0.573 e. The highest BCUT2D eigenvalue weighted by atomic mass is 19.4. The van der Waals surface area contributed by atoms with Gasteiger partial charge in [0.25, 0.3) is 11.8 Å². The molecular formula is C25H24F6N2O6. The Hall–Kier alpha value is -3.68. The Morgan fingerprint density at radius 3 is 1.97 bits per heavy atom. The first-order chi connectivity index (χ1) is 18.3. The van der Waals surface area contributed by atoms with Gasteiger partial charge < -0.3 is 30.0 Å². The minimum atomic E-state index is -5.11. The van der Waals surface area contributed by atoms with Gasteiger partial charge in [-0.15, -0.1) is 13.2 Å². The molecule has 0 unspecified atom stereocenters. The normalized spacial score (nSPS) is 24.1. The van der Waals surface area contributed by atoms with E-state index in [2.05, 4.69) is 15.4 Å². The van der Waals surface area contributed by atoms with E-state index in [1.165, 1.54) is 6.07 Å². The zero-order valence-corrected chi connectivity index (χ0v) is 20.2. The lowest BCUT2D eigenvalue weighted by Gasteiger charge is -2.56. The van der Waals surface area contributed by atoms with Crippen LogP contribution in [0.3, 0.4) is 0 Å². The number of rotatable bonds is 9. The van der Waals surface area contributed by atoms with E-state index < -0.39 is 71.8 Å². The molecule has 0 aromatic heterocycles. The molecule has 2 amide bonds. The molecule has 0 spiro atoms. The van der Waals surface area contributed by atoms with Crippen molar-refractivity contribution in [2.75, 3.05) is 13.2 Å². The summed E-state index contributed by atoms with van der Waals surface area (Å²) in [4.78, 5) is 25.0. The van der Waals surface area contributed by atoms with Crippen LogP contribution in [0.2, 0.25) is 0 Å². The van der Waals surface area contributed by atoms with Crippen LogP contribution in [-0.2, 0) is 9.59 Å². The van der Waals surface area contributed by atoms with Crippen LogP contribution in [0.1, 0.15) is 32.1 Å². The summed E-state index contributed by atoms with van der Waals surface area (Å²) in [5.41, 5.74) is -1.75. The van der Waals surface area contributed by atoms with Crippen molar-refractivity contribution >= 4 is 11.8 Å². The highest BCUT2D eigenvalue weighted by molar-refractivity contribution is 5.79. The van der Waals surface area contributed by atoms with E-state index in [9.17, 15) is 41.0 Å². The highest BCUT2D eigenvalue weighted by Gasteiger charge is 2.55. The van der Waals surface area contributed by atoms with Crippen molar-refractivity contribution in [3.8, 4) is 17.2 Å². The molecule has 2 aromatic rings. The van der Waals surface area contributed by atoms with Crippen molar-refractivity contribution in [1.29, 1.82) is 0 Å².